The van der Waals surface area contributed by atoms with E-state index < -0.39 is 14.9 Å². The van der Waals surface area contributed by atoms with E-state index in [0.717, 1.165) is 22.5 Å². The van der Waals surface area contributed by atoms with Crippen molar-refractivity contribution in [3.05, 3.63) is 115 Å². The maximum Gasteiger partial charge on any atom is 0.0776 e. The molecule has 3 aromatic carbocycles. The third kappa shape index (κ3) is 6.66. The topological polar surface area (TPSA) is 25.8 Å². The molecule has 0 bridgehead atoms. The van der Waals surface area contributed by atoms with E-state index in [1.54, 1.807) is 18.2 Å². The van der Waals surface area contributed by atoms with Crippen LogP contribution in [0.25, 0.3) is 42.7 Å². The molecule has 0 aliphatic heterocycles. The zero-order valence-electron chi connectivity index (χ0n) is 27.2. The van der Waals surface area contributed by atoms with Crippen molar-refractivity contribution in [2.75, 3.05) is 0 Å². The number of aryl methyl sites for hydroxylation is 1. The van der Waals surface area contributed by atoms with E-state index in [1.807, 2.05) is 29.5 Å². The van der Waals surface area contributed by atoms with Gasteiger partial charge >= 0.3 is 0 Å². The number of fused-ring (bicyclic) bond motifs is 3. The van der Waals surface area contributed by atoms with Crippen LogP contribution in [0.15, 0.2) is 91.3 Å². The number of rotatable bonds is 4. The van der Waals surface area contributed by atoms with Gasteiger partial charge in [-0.05, 0) is 64.3 Å². The van der Waals surface area contributed by atoms with E-state index in [2.05, 4.69) is 85.4 Å². The maximum absolute atomic E-state index is 7.23. The molecule has 0 atom stereocenters. The van der Waals surface area contributed by atoms with Crippen LogP contribution in [0.2, 0.25) is 19.6 Å². The molecule has 0 saturated heterocycles. The standard InChI is InChI=1S/C25H26NSSi.C12H10N.Ir/c1-28(2,3)19-12-14-24-22(15-19)20-9-6-10-21(25(20)27-24)23-13-11-18(16-26-23)17-7-4-5-8-17;1-10-7-8-12(13-9-10)11-5-3-2-4-6-11;/h6,9,11-17H,4-5,7-8H2,1-3H3;2-5,7-9H,1H3;/q2*-1;/i;1D3;. The number of thiophene rings is 1. The first kappa shape index (κ1) is 26.7. The molecule has 215 valence electrons. The number of hydrogen-bond donors (Lipinski definition) is 0. The Bertz CT molecular complexity index is 1870. The molecule has 3 heterocycles. The van der Waals surface area contributed by atoms with Crippen molar-refractivity contribution in [1.82, 2.24) is 9.97 Å². The van der Waals surface area contributed by atoms with Crippen LogP contribution in [0, 0.1) is 19.0 Å². The monoisotopic (exact) mass is 764 g/mol. The first-order valence-electron chi connectivity index (χ1n) is 15.9. The number of aromatic nitrogens is 2. The van der Waals surface area contributed by atoms with E-state index in [-0.39, 0.29) is 25.7 Å². The molecule has 1 aliphatic rings. The van der Waals surface area contributed by atoms with E-state index >= 15 is 0 Å². The molecule has 0 unspecified atom stereocenters. The molecule has 1 fully saturated rings. The molecule has 2 nitrogen and oxygen atoms in total. The molecule has 6 aromatic rings. The summed E-state index contributed by atoms with van der Waals surface area (Å²) >= 11 is 1.88. The van der Waals surface area contributed by atoms with Crippen molar-refractivity contribution in [1.29, 1.82) is 0 Å². The van der Waals surface area contributed by atoms with Crippen LogP contribution in [0.1, 0.15) is 46.8 Å². The molecule has 0 N–H and O–H groups in total. The predicted octanol–water partition coefficient (Wildman–Crippen LogP) is 9.97. The van der Waals surface area contributed by atoms with Crippen LogP contribution >= 0.6 is 11.3 Å². The minimum Gasteiger partial charge on any atom is -0.304 e. The van der Waals surface area contributed by atoms with E-state index in [0.29, 0.717) is 5.92 Å². The van der Waals surface area contributed by atoms with Crippen molar-refractivity contribution >= 4 is 44.8 Å². The minimum atomic E-state index is -2.09. The molecule has 0 amide bonds. The smallest absolute Gasteiger partial charge is 0.0776 e. The summed E-state index contributed by atoms with van der Waals surface area (Å²) in [4.78, 5) is 8.98. The van der Waals surface area contributed by atoms with Crippen molar-refractivity contribution < 1.29 is 24.2 Å². The largest absolute Gasteiger partial charge is 0.304 e. The SMILES string of the molecule is C[Si](C)(C)c1ccc2sc3c(-c4ccc(C5CCCC5)cn4)[c-]ccc3c2c1.[2H]C([2H])([2H])c1ccc(-c2[c-]cccc2)nc1.[Ir]. The van der Waals surface area contributed by atoms with Gasteiger partial charge in [0.2, 0.25) is 0 Å². The van der Waals surface area contributed by atoms with Gasteiger partial charge in [-0.1, -0.05) is 79.5 Å². The normalized spacial score (nSPS) is 14.9. The molecule has 42 heavy (non-hydrogen) atoms. The molecule has 1 radical (unpaired) electrons. The number of hydrogen-bond acceptors (Lipinski definition) is 3. The average molecular weight is 764 g/mol. The summed E-state index contributed by atoms with van der Waals surface area (Å²) in [6.45, 7) is 5.15. The van der Waals surface area contributed by atoms with Gasteiger partial charge < -0.3 is 9.97 Å². The van der Waals surface area contributed by atoms with Crippen LogP contribution in [-0.2, 0) is 20.1 Å². The molecule has 1 aliphatic carbocycles. The van der Waals surface area contributed by atoms with Crippen molar-refractivity contribution in [2.24, 2.45) is 0 Å². The minimum absolute atomic E-state index is 0. The fourth-order valence-electron chi connectivity index (χ4n) is 5.56. The number of pyridine rings is 2. The Morgan fingerprint density at radius 2 is 1.64 bits per heavy atom. The Hall–Kier alpha value is -2.95. The molecule has 5 heteroatoms. The van der Waals surface area contributed by atoms with E-state index in [9.17, 15) is 0 Å². The number of benzene rings is 3. The van der Waals surface area contributed by atoms with Gasteiger partial charge in [-0.25, -0.2) is 0 Å². The Morgan fingerprint density at radius 1 is 0.833 bits per heavy atom. The fourth-order valence-corrected chi connectivity index (χ4v) is 7.91. The second-order valence-corrected chi connectivity index (χ2v) is 18.0. The van der Waals surface area contributed by atoms with Gasteiger partial charge in [0.25, 0.3) is 0 Å². The maximum atomic E-state index is 7.23. The van der Waals surface area contributed by atoms with E-state index in [1.165, 1.54) is 62.8 Å². The van der Waals surface area contributed by atoms with Gasteiger partial charge in [0, 0.05) is 41.3 Å². The van der Waals surface area contributed by atoms with Crippen LogP contribution in [0.4, 0.5) is 0 Å². The van der Waals surface area contributed by atoms with Gasteiger partial charge in [-0.15, -0.1) is 59.7 Å². The summed E-state index contributed by atoms with van der Waals surface area (Å²) in [5.74, 6) is 0.714. The molecule has 1 saturated carbocycles. The Kier molecular flexibility index (Phi) is 8.34. The van der Waals surface area contributed by atoms with Crippen LogP contribution in [0.3, 0.4) is 0 Å². The average Bonchev–Trinajstić information content (AvgIpc) is 3.70. The van der Waals surface area contributed by atoms with Gasteiger partial charge in [0.1, 0.15) is 0 Å². The second kappa shape index (κ2) is 13.1. The van der Waals surface area contributed by atoms with Crippen molar-refractivity contribution in [2.45, 2.75) is 58.1 Å². The Morgan fingerprint density at radius 3 is 2.31 bits per heavy atom. The van der Waals surface area contributed by atoms with Crippen LogP contribution in [-0.4, -0.2) is 18.0 Å². The summed E-state index contributed by atoms with van der Waals surface area (Å²) in [5.41, 5.74) is 5.44. The molecule has 0 spiro atoms. The summed E-state index contributed by atoms with van der Waals surface area (Å²) < 4.78 is 24.4. The first-order chi connectivity index (χ1) is 21.1. The zero-order valence-corrected chi connectivity index (χ0v) is 28.4. The summed E-state index contributed by atoms with van der Waals surface area (Å²) in [6.07, 6.45) is 8.86. The first-order valence-corrected chi connectivity index (χ1v) is 18.7. The quantitative estimate of drug-likeness (QED) is 0.132. The molecule has 7 rings (SSSR count). The molecular weight excluding hydrogens is 725 g/mol. The summed E-state index contributed by atoms with van der Waals surface area (Å²) in [5, 5.41) is 4.25. The van der Waals surface area contributed by atoms with Gasteiger partial charge in [0.15, 0.2) is 0 Å². The summed E-state index contributed by atoms with van der Waals surface area (Å²) in [6, 6.07) is 33.1. The third-order valence-corrected chi connectivity index (χ3v) is 11.2. The van der Waals surface area contributed by atoms with Crippen molar-refractivity contribution in [3.8, 4) is 22.5 Å². The molecule has 3 aromatic heterocycles. The Balaban J connectivity index is 0.000000202. The predicted molar refractivity (Wildman–Crippen MR) is 179 cm³/mol. The van der Waals surface area contributed by atoms with Gasteiger partial charge in [0.05, 0.1) is 8.07 Å². The van der Waals surface area contributed by atoms with Gasteiger partial charge in [-0.2, -0.15) is 11.3 Å². The third-order valence-electron chi connectivity index (χ3n) is 7.91. The zero-order chi connectivity index (χ0) is 30.9. The summed E-state index contributed by atoms with van der Waals surface area (Å²) in [7, 11) is -1.32. The Labute approximate surface area is 272 Å². The van der Waals surface area contributed by atoms with Crippen molar-refractivity contribution in [3.63, 3.8) is 0 Å². The van der Waals surface area contributed by atoms with Crippen LogP contribution < -0.4 is 5.19 Å². The molecular formula is C37H36IrN2SSi-2. The number of nitrogens with zero attached hydrogens (tertiary/aromatic N) is 2. The fraction of sp³-hybridized carbons (Fsp3) is 0.243. The second-order valence-electron chi connectivity index (χ2n) is 11.8. The van der Waals surface area contributed by atoms with E-state index in [4.69, 9.17) is 9.10 Å². The van der Waals surface area contributed by atoms with Crippen LogP contribution in [0.5, 0.6) is 0 Å². The van der Waals surface area contributed by atoms with Gasteiger partial charge in [-0.3, -0.25) is 0 Å².